The maximum atomic E-state index is 11.9. The van der Waals surface area contributed by atoms with E-state index in [0.29, 0.717) is 14.8 Å². The van der Waals surface area contributed by atoms with E-state index in [2.05, 4.69) is 15.9 Å². The second kappa shape index (κ2) is 4.14. The zero-order chi connectivity index (χ0) is 10.1. The average molecular weight is 308 g/mol. The van der Waals surface area contributed by atoms with Crippen LogP contribution in [0.3, 0.4) is 0 Å². The molecule has 1 nitrogen and oxygen atoms in total. The van der Waals surface area contributed by atoms with Gasteiger partial charge in [0.15, 0.2) is 0 Å². The van der Waals surface area contributed by atoms with Crippen LogP contribution in [-0.4, -0.2) is 5.78 Å². The fourth-order valence-electron chi connectivity index (χ4n) is 1.000. The molecule has 0 unspecified atom stereocenters. The Hall–Kier alpha value is -0.160. The predicted molar refractivity (Wildman–Crippen MR) is 64.8 cm³/mol. The molecule has 0 N–H and O–H groups in total. The summed E-state index contributed by atoms with van der Waals surface area (Å²) >= 11 is 12.0. The van der Waals surface area contributed by atoms with Gasteiger partial charge in [-0.1, -0.05) is 11.6 Å². The van der Waals surface area contributed by atoms with Crippen molar-refractivity contribution in [2.45, 2.75) is 0 Å². The van der Waals surface area contributed by atoms with E-state index in [-0.39, 0.29) is 5.78 Å². The van der Waals surface area contributed by atoms with Crippen LogP contribution in [0.1, 0.15) is 14.5 Å². The Labute approximate surface area is 102 Å². The first-order chi connectivity index (χ1) is 6.68. The number of ketones is 1. The highest BCUT2D eigenvalue weighted by Crippen LogP contribution is 2.28. The van der Waals surface area contributed by atoms with Crippen molar-refractivity contribution in [2.24, 2.45) is 0 Å². The molecule has 0 atom stereocenters. The molecule has 0 aliphatic rings. The molecule has 0 aliphatic carbocycles. The lowest BCUT2D eigenvalue weighted by molar-refractivity contribution is 0.104. The summed E-state index contributed by atoms with van der Waals surface area (Å²) in [4.78, 5) is 13.2. The standard InChI is InChI=1S/C9H4BrClOS2/c10-5-3-7(14-4-5)8(12)9-6(11)1-2-13-9/h1-4H. The van der Waals surface area contributed by atoms with Crippen molar-refractivity contribution >= 4 is 56.0 Å². The lowest BCUT2D eigenvalue weighted by atomic mass is 10.3. The maximum absolute atomic E-state index is 11.9. The summed E-state index contributed by atoms with van der Waals surface area (Å²) in [7, 11) is 0. The number of hydrogen-bond acceptors (Lipinski definition) is 3. The molecule has 0 saturated carbocycles. The lowest BCUT2D eigenvalue weighted by Crippen LogP contribution is -1.95. The summed E-state index contributed by atoms with van der Waals surface area (Å²) in [5, 5.41) is 4.23. The van der Waals surface area contributed by atoms with Gasteiger partial charge in [0.25, 0.3) is 0 Å². The van der Waals surface area contributed by atoms with Crippen molar-refractivity contribution < 1.29 is 4.79 Å². The first kappa shape index (κ1) is 10.4. The van der Waals surface area contributed by atoms with E-state index in [4.69, 9.17) is 11.6 Å². The van der Waals surface area contributed by atoms with Crippen LogP contribution in [0.25, 0.3) is 0 Å². The van der Waals surface area contributed by atoms with Gasteiger partial charge in [-0.2, -0.15) is 0 Å². The lowest BCUT2D eigenvalue weighted by Gasteiger charge is -1.93. The predicted octanol–water partition coefficient (Wildman–Crippen LogP) is 4.46. The van der Waals surface area contributed by atoms with Crippen LogP contribution in [0.5, 0.6) is 0 Å². The van der Waals surface area contributed by atoms with Crippen LogP contribution in [0, 0.1) is 0 Å². The largest absolute Gasteiger partial charge is 0.287 e. The summed E-state index contributed by atoms with van der Waals surface area (Å²) in [6.45, 7) is 0. The van der Waals surface area contributed by atoms with Crippen LogP contribution < -0.4 is 0 Å². The average Bonchev–Trinajstić information content (AvgIpc) is 2.73. The van der Waals surface area contributed by atoms with Gasteiger partial charge in [0.05, 0.1) is 14.8 Å². The minimum absolute atomic E-state index is 0.000648. The Morgan fingerprint density at radius 3 is 2.71 bits per heavy atom. The summed E-state index contributed by atoms with van der Waals surface area (Å²) in [5.41, 5.74) is 0. The van der Waals surface area contributed by atoms with Crippen molar-refractivity contribution in [2.75, 3.05) is 0 Å². The number of hydrogen-bond donors (Lipinski definition) is 0. The van der Waals surface area contributed by atoms with Gasteiger partial charge in [-0.05, 0) is 33.4 Å². The molecule has 2 heterocycles. The molecule has 0 radical (unpaired) electrons. The molecule has 2 aromatic heterocycles. The molecular formula is C9H4BrClOS2. The Morgan fingerprint density at radius 1 is 1.43 bits per heavy atom. The zero-order valence-electron chi connectivity index (χ0n) is 6.79. The topological polar surface area (TPSA) is 17.1 Å². The smallest absolute Gasteiger partial charge is 0.214 e. The Morgan fingerprint density at radius 2 is 2.21 bits per heavy atom. The van der Waals surface area contributed by atoms with E-state index in [1.54, 1.807) is 6.07 Å². The van der Waals surface area contributed by atoms with Gasteiger partial charge < -0.3 is 0 Å². The summed E-state index contributed by atoms with van der Waals surface area (Å²) in [6.07, 6.45) is 0. The van der Waals surface area contributed by atoms with Crippen molar-refractivity contribution in [3.8, 4) is 0 Å². The first-order valence-corrected chi connectivity index (χ1v) is 6.63. The monoisotopic (exact) mass is 306 g/mol. The number of halogens is 2. The number of carbonyl (C=O) groups excluding carboxylic acids is 1. The van der Waals surface area contributed by atoms with E-state index in [1.165, 1.54) is 22.7 Å². The van der Waals surface area contributed by atoms with Gasteiger partial charge in [0.1, 0.15) is 0 Å². The third-order valence-corrected chi connectivity index (χ3v) is 4.64. The third-order valence-electron chi connectivity index (χ3n) is 1.61. The molecule has 0 saturated heterocycles. The van der Waals surface area contributed by atoms with Gasteiger partial charge in [0.2, 0.25) is 5.78 Å². The Kier molecular flexibility index (Phi) is 3.07. The maximum Gasteiger partial charge on any atom is 0.214 e. The second-order valence-electron chi connectivity index (χ2n) is 2.56. The number of rotatable bonds is 2. The molecule has 0 fully saturated rings. The van der Waals surface area contributed by atoms with E-state index < -0.39 is 0 Å². The van der Waals surface area contributed by atoms with Crippen molar-refractivity contribution in [3.63, 3.8) is 0 Å². The fraction of sp³-hybridized carbons (Fsp3) is 0. The summed E-state index contributed by atoms with van der Waals surface area (Å²) < 4.78 is 0.929. The highest BCUT2D eigenvalue weighted by molar-refractivity contribution is 9.10. The van der Waals surface area contributed by atoms with Crippen molar-refractivity contribution in [1.29, 1.82) is 0 Å². The van der Waals surface area contributed by atoms with E-state index in [1.807, 2.05) is 16.8 Å². The van der Waals surface area contributed by atoms with Gasteiger partial charge >= 0.3 is 0 Å². The highest BCUT2D eigenvalue weighted by atomic mass is 79.9. The molecule has 2 aromatic rings. The zero-order valence-corrected chi connectivity index (χ0v) is 10.8. The number of carbonyl (C=O) groups is 1. The molecule has 0 amide bonds. The summed E-state index contributed by atoms with van der Waals surface area (Å²) in [5.74, 6) is 0.000648. The van der Waals surface area contributed by atoms with Gasteiger partial charge in [-0.25, -0.2) is 0 Å². The minimum Gasteiger partial charge on any atom is -0.287 e. The molecule has 2 rings (SSSR count). The van der Waals surface area contributed by atoms with E-state index in [9.17, 15) is 4.79 Å². The molecule has 72 valence electrons. The van der Waals surface area contributed by atoms with Crippen molar-refractivity contribution in [3.05, 3.63) is 42.1 Å². The van der Waals surface area contributed by atoms with Crippen molar-refractivity contribution in [1.82, 2.24) is 0 Å². The van der Waals surface area contributed by atoms with E-state index >= 15 is 0 Å². The van der Waals surface area contributed by atoms with Gasteiger partial charge in [0, 0.05) is 9.85 Å². The van der Waals surface area contributed by atoms with Gasteiger partial charge in [-0.15, -0.1) is 22.7 Å². The van der Waals surface area contributed by atoms with Crippen LogP contribution >= 0.6 is 50.2 Å². The molecule has 0 spiro atoms. The van der Waals surface area contributed by atoms with Crippen LogP contribution in [0.15, 0.2) is 27.4 Å². The normalized spacial score (nSPS) is 10.4. The van der Waals surface area contributed by atoms with E-state index in [0.717, 1.165) is 4.47 Å². The second-order valence-corrected chi connectivity index (χ2v) is 5.71. The molecule has 5 heteroatoms. The fourth-order valence-corrected chi connectivity index (χ4v) is 3.53. The quantitative estimate of drug-likeness (QED) is 0.749. The molecule has 0 aliphatic heterocycles. The van der Waals surface area contributed by atoms with Crippen LogP contribution in [0.2, 0.25) is 5.02 Å². The molecule has 0 bridgehead atoms. The minimum atomic E-state index is 0.000648. The SMILES string of the molecule is O=C(c1cc(Br)cs1)c1sccc1Cl. The highest BCUT2D eigenvalue weighted by Gasteiger charge is 2.15. The third kappa shape index (κ3) is 1.93. The molecule has 0 aromatic carbocycles. The Balaban J connectivity index is 2.38. The van der Waals surface area contributed by atoms with Crippen LogP contribution in [-0.2, 0) is 0 Å². The number of thiophene rings is 2. The summed E-state index contributed by atoms with van der Waals surface area (Å²) in [6, 6.07) is 3.55. The first-order valence-electron chi connectivity index (χ1n) is 3.70. The van der Waals surface area contributed by atoms with Crippen LogP contribution in [0.4, 0.5) is 0 Å². The Bertz CT molecular complexity index is 475. The molecule has 14 heavy (non-hydrogen) atoms. The molecular weight excluding hydrogens is 304 g/mol. The van der Waals surface area contributed by atoms with Gasteiger partial charge in [-0.3, -0.25) is 4.79 Å².